The van der Waals surface area contributed by atoms with Gasteiger partial charge in [-0.25, -0.2) is 15.0 Å². The number of carbonyl (C=O) groups excluding carboxylic acids is 1. The summed E-state index contributed by atoms with van der Waals surface area (Å²) in [7, 11) is 0. The molecule has 1 N–H and O–H groups in total. The number of fused-ring (bicyclic) bond motifs is 1. The number of nitrogens with one attached hydrogen (secondary N) is 1. The van der Waals surface area contributed by atoms with Gasteiger partial charge in [0.05, 0.1) is 23.5 Å². The molecule has 1 amide bonds. The zero-order valence-corrected chi connectivity index (χ0v) is 13.2. The molecule has 114 valence electrons. The van der Waals surface area contributed by atoms with Crippen molar-refractivity contribution in [2.24, 2.45) is 0 Å². The minimum absolute atomic E-state index is 0.138. The van der Waals surface area contributed by atoms with Crippen LogP contribution in [0.4, 0.5) is 0 Å². The van der Waals surface area contributed by atoms with Gasteiger partial charge in [-0.1, -0.05) is 11.8 Å². The van der Waals surface area contributed by atoms with E-state index in [0.717, 1.165) is 47.5 Å². The second-order valence-corrected chi connectivity index (χ2v) is 6.80. The van der Waals surface area contributed by atoms with Gasteiger partial charge in [-0.2, -0.15) is 0 Å². The molecule has 0 radical (unpaired) electrons. The van der Waals surface area contributed by atoms with Gasteiger partial charge < -0.3 is 9.88 Å². The number of hydrogen-bond donors (Lipinski definition) is 1. The molecule has 2 aromatic heterocycles. The van der Waals surface area contributed by atoms with Gasteiger partial charge in [-0.15, -0.1) is 0 Å². The molecule has 0 aromatic carbocycles. The third kappa shape index (κ3) is 2.61. The molecule has 4 rings (SSSR count). The number of thioether (sulfide) groups is 1. The maximum atomic E-state index is 12.3. The molecule has 0 unspecified atom stereocenters. The van der Waals surface area contributed by atoms with Crippen molar-refractivity contribution in [3.8, 4) is 0 Å². The highest BCUT2D eigenvalue weighted by Crippen LogP contribution is 2.37. The quantitative estimate of drug-likeness (QED) is 0.933. The van der Waals surface area contributed by atoms with Gasteiger partial charge in [0.1, 0.15) is 5.82 Å². The molecule has 1 aliphatic heterocycles. The summed E-state index contributed by atoms with van der Waals surface area (Å²) in [5, 5.41) is 3.94. The molecule has 2 aromatic rings. The van der Waals surface area contributed by atoms with E-state index >= 15 is 0 Å². The van der Waals surface area contributed by atoms with Gasteiger partial charge in [0.25, 0.3) is 5.91 Å². The average molecular weight is 315 g/mol. The summed E-state index contributed by atoms with van der Waals surface area (Å²) in [6.45, 7) is 3.30. The van der Waals surface area contributed by atoms with E-state index < -0.39 is 0 Å². The summed E-state index contributed by atoms with van der Waals surface area (Å²) in [5.41, 5.74) is 2.19. The molecule has 7 heteroatoms. The van der Waals surface area contributed by atoms with Crippen molar-refractivity contribution in [2.75, 3.05) is 5.75 Å². The molecule has 2 aliphatic rings. The minimum Gasteiger partial charge on any atom is -0.346 e. The zero-order valence-electron chi connectivity index (χ0n) is 12.4. The monoisotopic (exact) mass is 315 g/mol. The number of imidazole rings is 1. The van der Waals surface area contributed by atoms with E-state index in [2.05, 4.69) is 24.8 Å². The van der Waals surface area contributed by atoms with Crippen LogP contribution in [-0.2, 0) is 13.1 Å². The van der Waals surface area contributed by atoms with Crippen LogP contribution in [0.15, 0.2) is 17.6 Å². The Bertz CT molecular complexity index is 716. The fraction of sp³-hybridized carbons (Fsp3) is 0.467. The predicted octanol–water partition coefficient (Wildman–Crippen LogP) is 1.89. The highest BCUT2D eigenvalue weighted by atomic mass is 32.2. The lowest BCUT2D eigenvalue weighted by atomic mass is 10.2. The van der Waals surface area contributed by atoms with E-state index in [1.807, 2.05) is 13.1 Å². The molecule has 0 atom stereocenters. The second kappa shape index (κ2) is 5.39. The predicted molar refractivity (Wildman–Crippen MR) is 82.9 cm³/mol. The van der Waals surface area contributed by atoms with Gasteiger partial charge in [0.2, 0.25) is 0 Å². The summed E-state index contributed by atoms with van der Waals surface area (Å²) in [6.07, 6.45) is 5.98. The number of carbonyl (C=O) groups is 1. The zero-order chi connectivity index (χ0) is 15.1. The van der Waals surface area contributed by atoms with E-state index in [4.69, 9.17) is 0 Å². The lowest BCUT2D eigenvalue weighted by Crippen LogP contribution is -2.24. The van der Waals surface area contributed by atoms with Crippen LogP contribution in [0.25, 0.3) is 0 Å². The van der Waals surface area contributed by atoms with Crippen LogP contribution in [0, 0.1) is 6.92 Å². The Morgan fingerprint density at radius 2 is 2.32 bits per heavy atom. The number of rotatable bonds is 4. The molecule has 22 heavy (non-hydrogen) atoms. The van der Waals surface area contributed by atoms with Crippen molar-refractivity contribution < 1.29 is 4.79 Å². The summed E-state index contributed by atoms with van der Waals surface area (Å²) >= 11 is 1.75. The molecular formula is C15H17N5OS. The Hall–Kier alpha value is -1.89. The topological polar surface area (TPSA) is 72.7 Å². The smallest absolute Gasteiger partial charge is 0.255 e. The average Bonchev–Trinajstić information content (AvgIpc) is 3.14. The maximum absolute atomic E-state index is 12.3. The van der Waals surface area contributed by atoms with E-state index in [0.29, 0.717) is 18.0 Å². The fourth-order valence-corrected chi connectivity index (χ4v) is 3.52. The summed E-state index contributed by atoms with van der Waals surface area (Å²) in [6, 6.07) is 0. The van der Waals surface area contributed by atoms with Crippen molar-refractivity contribution in [3.05, 3.63) is 35.2 Å². The van der Waals surface area contributed by atoms with E-state index in [1.165, 1.54) is 0 Å². The highest BCUT2D eigenvalue weighted by Gasteiger charge is 2.27. The Balaban J connectivity index is 1.42. The van der Waals surface area contributed by atoms with Crippen LogP contribution < -0.4 is 5.32 Å². The van der Waals surface area contributed by atoms with Gasteiger partial charge in [0.15, 0.2) is 5.16 Å². The first-order valence-corrected chi connectivity index (χ1v) is 8.50. The van der Waals surface area contributed by atoms with Crippen molar-refractivity contribution in [1.29, 1.82) is 0 Å². The molecule has 3 heterocycles. The third-order valence-electron chi connectivity index (χ3n) is 3.97. The number of amides is 1. The van der Waals surface area contributed by atoms with Crippen LogP contribution in [0.5, 0.6) is 0 Å². The molecule has 1 aliphatic carbocycles. The molecule has 0 saturated heterocycles. The standard InChI is InChI=1S/C15H17N5OS/c1-9-12(7-16-13(18-9)10-2-3-10)14(21)17-6-11-8-20-4-5-22-15(20)19-11/h7-8,10H,2-6H2,1H3,(H,17,21). The molecule has 1 fully saturated rings. The van der Waals surface area contributed by atoms with Crippen LogP contribution in [0.2, 0.25) is 0 Å². The van der Waals surface area contributed by atoms with Crippen LogP contribution in [-0.4, -0.2) is 31.2 Å². The van der Waals surface area contributed by atoms with Crippen LogP contribution in [0.1, 0.15) is 46.3 Å². The van der Waals surface area contributed by atoms with E-state index in [9.17, 15) is 4.79 Å². The largest absolute Gasteiger partial charge is 0.346 e. The summed E-state index contributed by atoms with van der Waals surface area (Å²) < 4.78 is 2.13. The molecule has 0 spiro atoms. The Morgan fingerprint density at radius 3 is 3.05 bits per heavy atom. The van der Waals surface area contributed by atoms with Crippen molar-refractivity contribution >= 4 is 17.7 Å². The molecule has 6 nitrogen and oxygen atoms in total. The van der Waals surface area contributed by atoms with Gasteiger partial charge in [-0.05, 0) is 19.8 Å². The minimum atomic E-state index is -0.138. The van der Waals surface area contributed by atoms with Crippen molar-refractivity contribution in [1.82, 2.24) is 24.8 Å². The second-order valence-electron chi connectivity index (χ2n) is 5.74. The lowest BCUT2D eigenvalue weighted by Gasteiger charge is -2.07. The highest BCUT2D eigenvalue weighted by molar-refractivity contribution is 7.99. The first-order chi connectivity index (χ1) is 10.7. The first kappa shape index (κ1) is 13.8. The van der Waals surface area contributed by atoms with Crippen LogP contribution in [0.3, 0.4) is 0 Å². The number of aromatic nitrogens is 4. The third-order valence-corrected chi connectivity index (χ3v) is 4.94. The maximum Gasteiger partial charge on any atom is 0.255 e. The number of hydrogen-bond acceptors (Lipinski definition) is 5. The number of nitrogens with zero attached hydrogens (tertiary/aromatic N) is 4. The summed E-state index contributed by atoms with van der Waals surface area (Å²) in [5.74, 6) is 2.32. The van der Waals surface area contributed by atoms with Gasteiger partial charge >= 0.3 is 0 Å². The van der Waals surface area contributed by atoms with Gasteiger partial charge in [-0.3, -0.25) is 4.79 Å². The Kier molecular flexibility index (Phi) is 3.37. The lowest BCUT2D eigenvalue weighted by molar-refractivity contribution is 0.0949. The van der Waals surface area contributed by atoms with Crippen molar-refractivity contribution in [2.45, 2.75) is 43.9 Å². The summed E-state index contributed by atoms with van der Waals surface area (Å²) in [4.78, 5) is 25.6. The molecule has 0 bridgehead atoms. The fourth-order valence-electron chi connectivity index (χ4n) is 2.56. The molecule has 1 saturated carbocycles. The molecular weight excluding hydrogens is 298 g/mol. The van der Waals surface area contributed by atoms with E-state index in [1.54, 1.807) is 18.0 Å². The van der Waals surface area contributed by atoms with Gasteiger partial charge in [0, 0.05) is 30.6 Å². The SMILES string of the molecule is Cc1nc(C2CC2)ncc1C(=O)NCc1cn2c(n1)SCC2. The number of aryl methyl sites for hydroxylation is 2. The van der Waals surface area contributed by atoms with E-state index in [-0.39, 0.29) is 5.91 Å². The van der Waals surface area contributed by atoms with Crippen molar-refractivity contribution in [3.63, 3.8) is 0 Å². The normalized spacial score (nSPS) is 16.6. The Morgan fingerprint density at radius 1 is 1.45 bits per heavy atom. The van der Waals surface area contributed by atoms with Crippen LogP contribution >= 0.6 is 11.8 Å². The first-order valence-electron chi connectivity index (χ1n) is 7.51. The Labute approximate surface area is 132 Å².